The topological polar surface area (TPSA) is 152 Å². The van der Waals surface area contributed by atoms with Crippen molar-refractivity contribution in [2.45, 2.75) is 0 Å². The Kier molecular flexibility index (Phi) is 3.68. The van der Waals surface area contributed by atoms with Crippen LogP contribution in [0.5, 0.6) is 5.88 Å². The number of rotatable bonds is 3. The number of anilines is 1. The summed E-state index contributed by atoms with van der Waals surface area (Å²) in [7, 11) is 0. The molecule has 2 heterocycles. The maximum absolute atomic E-state index is 12.1. The lowest BCUT2D eigenvalue weighted by atomic mass is 10.2. The van der Waals surface area contributed by atoms with Crippen molar-refractivity contribution in [3.63, 3.8) is 0 Å². The van der Waals surface area contributed by atoms with Gasteiger partial charge in [0.05, 0.1) is 0 Å². The van der Waals surface area contributed by atoms with Gasteiger partial charge >= 0.3 is 0 Å². The predicted octanol–water partition coefficient (Wildman–Crippen LogP) is 0.570. The number of aromatic amines is 3. The van der Waals surface area contributed by atoms with Gasteiger partial charge in [0, 0.05) is 11.3 Å². The molecule has 10 nitrogen and oxygen atoms in total. The van der Waals surface area contributed by atoms with E-state index in [1.807, 2.05) is 0 Å². The molecule has 0 spiro atoms. The van der Waals surface area contributed by atoms with Gasteiger partial charge in [-0.25, -0.2) is 0 Å². The van der Waals surface area contributed by atoms with Crippen molar-refractivity contribution >= 4 is 23.8 Å². The van der Waals surface area contributed by atoms with Crippen molar-refractivity contribution in [3.8, 4) is 17.3 Å². The summed E-state index contributed by atoms with van der Waals surface area (Å²) in [6.07, 6.45) is 0. The molecule has 3 aromatic rings. The Bertz CT molecular complexity index is 960. The first kappa shape index (κ1) is 14.6. The van der Waals surface area contributed by atoms with E-state index in [1.165, 1.54) is 0 Å². The fraction of sp³-hybridized carbons (Fsp3) is 0. The second-order valence-corrected chi connectivity index (χ2v) is 4.81. The Labute approximate surface area is 132 Å². The first-order valence-electron chi connectivity index (χ1n) is 6.25. The Balaban J connectivity index is 1.84. The number of hydrogen-bond acceptors (Lipinski definition) is 7. The molecule has 11 heteroatoms. The van der Waals surface area contributed by atoms with Crippen LogP contribution in [0.3, 0.4) is 0 Å². The highest BCUT2D eigenvalue weighted by Crippen LogP contribution is 2.18. The molecule has 2 aromatic heterocycles. The average Bonchev–Trinajstić information content (AvgIpc) is 3.01. The monoisotopic (exact) mass is 331 g/mol. The van der Waals surface area contributed by atoms with Gasteiger partial charge in [0.2, 0.25) is 11.7 Å². The van der Waals surface area contributed by atoms with Crippen LogP contribution in [0.25, 0.3) is 11.4 Å². The molecule has 0 bridgehead atoms. The van der Waals surface area contributed by atoms with Gasteiger partial charge < -0.3 is 15.4 Å². The number of tetrazole rings is 1. The number of carbonyl (C=O) groups is 1. The minimum absolute atomic E-state index is 0.0754. The number of nitrogens with one attached hydrogen (secondary N) is 4. The molecule has 5 N–H and O–H groups in total. The predicted molar refractivity (Wildman–Crippen MR) is 81.5 cm³/mol. The lowest BCUT2D eigenvalue weighted by molar-refractivity contribution is 0.102. The third kappa shape index (κ3) is 2.98. The molecule has 0 atom stereocenters. The van der Waals surface area contributed by atoms with Gasteiger partial charge in [-0.2, -0.15) is 5.21 Å². The summed E-state index contributed by atoms with van der Waals surface area (Å²) in [5.74, 6) is -0.963. The summed E-state index contributed by atoms with van der Waals surface area (Å²) < 4.78 is -0.0754. The number of amides is 1. The van der Waals surface area contributed by atoms with Crippen molar-refractivity contribution in [3.05, 3.63) is 45.0 Å². The smallest absolute Gasteiger partial charge is 0.268 e. The third-order valence-corrected chi connectivity index (χ3v) is 3.10. The van der Waals surface area contributed by atoms with Crippen LogP contribution in [0.1, 0.15) is 10.4 Å². The first-order valence-corrected chi connectivity index (χ1v) is 6.66. The van der Waals surface area contributed by atoms with E-state index in [4.69, 9.17) is 12.2 Å². The molecule has 0 aliphatic rings. The summed E-state index contributed by atoms with van der Waals surface area (Å²) in [4.78, 5) is 28.3. The molecular formula is C12H9N7O3S. The lowest BCUT2D eigenvalue weighted by Crippen LogP contribution is -2.24. The molecule has 0 aliphatic carbocycles. The average molecular weight is 331 g/mol. The first-order chi connectivity index (χ1) is 11.0. The van der Waals surface area contributed by atoms with Gasteiger partial charge in [-0.15, -0.1) is 10.2 Å². The summed E-state index contributed by atoms with van der Waals surface area (Å²) >= 11 is 4.69. The molecule has 0 radical (unpaired) electrons. The van der Waals surface area contributed by atoms with Crippen LogP contribution in [-0.2, 0) is 0 Å². The SMILES string of the molecule is O=C(Nc1ccc(-c2nn[nH]n2)cc1)c1c(O)[nH]c(=S)[nH]c1=O. The minimum Gasteiger partial charge on any atom is -0.494 e. The van der Waals surface area contributed by atoms with Crippen molar-refractivity contribution in [2.75, 3.05) is 5.32 Å². The van der Waals surface area contributed by atoms with Gasteiger partial charge in [0.15, 0.2) is 10.3 Å². The van der Waals surface area contributed by atoms with Crippen LogP contribution in [0.4, 0.5) is 5.69 Å². The fourth-order valence-electron chi connectivity index (χ4n) is 1.87. The van der Waals surface area contributed by atoms with Gasteiger partial charge in [0.1, 0.15) is 0 Å². The van der Waals surface area contributed by atoms with E-state index in [-0.39, 0.29) is 4.77 Å². The molecule has 0 aliphatic heterocycles. The number of benzene rings is 1. The third-order valence-electron chi connectivity index (χ3n) is 2.90. The number of H-pyrrole nitrogens is 3. The van der Waals surface area contributed by atoms with E-state index in [0.717, 1.165) is 0 Å². The van der Waals surface area contributed by atoms with Crippen LogP contribution in [0, 0.1) is 4.77 Å². The molecule has 0 fully saturated rings. The zero-order valence-corrected chi connectivity index (χ0v) is 12.1. The summed E-state index contributed by atoms with van der Waals surface area (Å²) in [5.41, 5.74) is -0.127. The Morgan fingerprint density at radius 1 is 1.22 bits per heavy atom. The highest BCUT2D eigenvalue weighted by molar-refractivity contribution is 7.71. The number of hydrogen-bond donors (Lipinski definition) is 5. The fourth-order valence-corrected chi connectivity index (χ4v) is 2.05. The summed E-state index contributed by atoms with van der Waals surface area (Å²) in [6, 6.07) is 6.53. The zero-order chi connectivity index (χ0) is 16.4. The van der Waals surface area contributed by atoms with E-state index in [2.05, 4.69) is 35.9 Å². The van der Waals surface area contributed by atoms with E-state index < -0.39 is 22.9 Å². The van der Waals surface area contributed by atoms with Gasteiger partial charge in [-0.3, -0.25) is 14.6 Å². The number of carbonyl (C=O) groups excluding carboxylic acids is 1. The largest absolute Gasteiger partial charge is 0.494 e. The quantitative estimate of drug-likeness (QED) is 0.440. The van der Waals surface area contributed by atoms with Crippen molar-refractivity contribution < 1.29 is 9.90 Å². The van der Waals surface area contributed by atoms with E-state index in [0.29, 0.717) is 17.1 Å². The molecule has 116 valence electrons. The number of aromatic hydroxyl groups is 1. The van der Waals surface area contributed by atoms with Crippen LogP contribution >= 0.6 is 12.2 Å². The lowest BCUT2D eigenvalue weighted by Gasteiger charge is -2.06. The standard InChI is InChI=1S/C12H9N7O3S/c20-9(7-10(21)14-12(23)15-11(7)22)13-6-3-1-5(2-4-6)8-16-18-19-17-8/h1-4H,(H,13,20)(H,16,17,18,19)(H3,14,15,21,22,23). The number of aromatic nitrogens is 6. The molecule has 23 heavy (non-hydrogen) atoms. The normalized spacial score (nSPS) is 10.4. The Morgan fingerprint density at radius 3 is 2.57 bits per heavy atom. The van der Waals surface area contributed by atoms with E-state index in [9.17, 15) is 14.7 Å². The molecule has 1 amide bonds. The Hall–Kier alpha value is -3.34. The number of nitrogens with zero attached hydrogens (tertiary/aromatic N) is 3. The van der Waals surface area contributed by atoms with Crippen molar-refractivity contribution in [2.24, 2.45) is 0 Å². The van der Waals surface area contributed by atoms with Crippen LogP contribution in [0.15, 0.2) is 29.1 Å². The summed E-state index contributed by atoms with van der Waals surface area (Å²) in [5, 5.41) is 25.6. The highest BCUT2D eigenvalue weighted by Gasteiger charge is 2.17. The second-order valence-electron chi connectivity index (χ2n) is 4.40. The van der Waals surface area contributed by atoms with Crippen molar-refractivity contribution in [1.29, 1.82) is 0 Å². The van der Waals surface area contributed by atoms with Crippen LogP contribution in [-0.4, -0.2) is 41.6 Å². The van der Waals surface area contributed by atoms with E-state index in [1.54, 1.807) is 24.3 Å². The zero-order valence-electron chi connectivity index (χ0n) is 11.3. The molecule has 0 saturated heterocycles. The molecule has 3 rings (SSSR count). The van der Waals surface area contributed by atoms with Crippen molar-refractivity contribution in [1.82, 2.24) is 30.6 Å². The molecular weight excluding hydrogens is 322 g/mol. The van der Waals surface area contributed by atoms with Crippen LogP contribution < -0.4 is 10.9 Å². The molecule has 1 aromatic carbocycles. The van der Waals surface area contributed by atoms with Gasteiger partial charge in [-0.05, 0) is 41.7 Å². The maximum atomic E-state index is 12.1. The van der Waals surface area contributed by atoms with Gasteiger partial charge in [-0.1, -0.05) is 0 Å². The molecule has 0 unspecified atom stereocenters. The second kappa shape index (κ2) is 5.81. The van der Waals surface area contributed by atoms with Gasteiger partial charge in [0.25, 0.3) is 11.5 Å². The highest BCUT2D eigenvalue weighted by atomic mass is 32.1. The Morgan fingerprint density at radius 2 is 1.96 bits per heavy atom. The van der Waals surface area contributed by atoms with E-state index >= 15 is 0 Å². The molecule has 0 saturated carbocycles. The van der Waals surface area contributed by atoms with Crippen LogP contribution in [0.2, 0.25) is 0 Å². The minimum atomic E-state index is -0.785. The summed E-state index contributed by atoms with van der Waals surface area (Å²) in [6.45, 7) is 0. The maximum Gasteiger partial charge on any atom is 0.268 e.